The largest absolute Gasteiger partial charge is 0.508 e. The van der Waals surface area contributed by atoms with Crippen molar-refractivity contribution >= 4 is 33.4 Å². The molecule has 3 heteroatoms. The SMILES string of the molecule is C#Cc1c(F)ccc2cc(O)cc(I)c12. The molecule has 2 aromatic carbocycles. The summed E-state index contributed by atoms with van der Waals surface area (Å²) in [6.45, 7) is 0. The average Bonchev–Trinajstić information content (AvgIpc) is 2.18. The van der Waals surface area contributed by atoms with Crippen LogP contribution >= 0.6 is 22.6 Å². The van der Waals surface area contributed by atoms with Crippen molar-refractivity contribution in [3.8, 4) is 18.1 Å². The summed E-state index contributed by atoms with van der Waals surface area (Å²) in [4.78, 5) is 0. The van der Waals surface area contributed by atoms with Gasteiger partial charge in [0, 0.05) is 8.96 Å². The molecule has 0 fully saturated rings. The third-order valence-electron chi connectivity index (χ3n) is 2.15. The lowest BCUT2D eigenvalue weighted by Crippen LogP contribution is -1.88. The van der Waals surface area contributed by atoms with Gasteiger partial charge >= 0.3 is 0 Å². The molecule has 2 aromatic rings. The van der Waals surface area contributed by atoms with Crippen molar-refractivity contribution in [3.05, 3.63) is 39.2 Å². The highest BCUT2D eigenvalue weighted by Gasteiger charge is 2.09. The number of hydrogen-bond acceptors (Lipinski definition) is 1. The number of hydrogen-bond donors (Lipinski definition) is 1. The van der Waals surface area contributed by atoms with E-state index in [0.29, 0.717) is 5.39 Å². The Labute approximate surface area is 100 Å². The van der Waals surface area contributed by atoms with E-state index in [0.717, 1.165) is 8.96 Å². The molecule has 74 valence electrons. The van der Waals surface area contributed by atoms with Crippen LogP contribution in [0.4, 0.5) is 4.39 Å². The third-order valence-corrected chi connectivity index (χ3v) is 3.00. The van der Waals surface area contributed by atoms with Crippen LogP contribution in [-0.2, 0) is 0 Å². The number of phenols is 1. The van der Waals surface area contributed by atoms with Gasteiger partial charge in [0.05, 0.1) is 5.56 Å². The Bertz CT molecular complexity index is 584. The van der Waals surface area contributed by atoms with Gasteiger partial charge in [-0.05, 0) is 46.2 Å². The van der Waals surface area contributed by atoms with Crippen molar-refractivity contribution in [2.75, 3.05) is 0 Å². The predicted molar refractivity (Wildman–Crippen MR) is 66.2 cm³/mol. The number of rotatable bonds is 0. The van der Waals surface area contributed by atoms with Crippen molar-refractivity contribution in [1.82, 2.24) is 0 Å². The molecule has 0 unspecified atom stereocenters. The van der Waals surface area contributed by atoms with Gasteiger partial charge in [-0.25, -0.2) is 4.39 Å². The van der Waals surface area contributed by atoms with E-state index in [4.69, 9.17) is 6.42 Å². The molecule has 0 radical (unpaired) electrons. The average molecular weight is 312 g/mol. The minimum absolute atomic E-state index is 0.154. The molecule has 2 rings (SSSR count). The summed E-state index contributed by atoms with van der Waals surface area (Å²) in [6.07, 6.45) is 5.27. The standard InChI is InChI=1S/C12H6FIO/c1-2-9-10(13)4-3-7-5-8(15)6-11(14)12(7)9/h1,3-6,15H. The van der Waals surface area contributed by atoms with E-state index in [9.17, 15) is 9.50 Å². The molecular formula is C12H6FIO. The van der Waals surface area contributed by atoms with Crippen LogP contribution in [0.1, 0.15) is 5.56 Å². The van der Waals surface area contributed by atoms with Crippen LogP contribution in [0, 0.1) is 21.7 Å². The molecule has 1 nitrogen and oxygen atoms in total. The Kier molecular flexibility index (Phi) is 2.53. The van der Waals surface area contributed by atoms with E-state index in [2.05, 4.69) is 5.92 Å². The highest BCUT2D eigenvalue weighted by Crippen LogP contribution is 2.29. The first kappa shape index (κ1) is 10.2. The molecule has 15 heavy (non-hydrogen) atoms. The van der Waals surface area contributed by atoms with Gasteiger partial charge in [-0.2, -0.15) is 0 Å². The topological polar surface area (TPSA) is 20.2 Å². The zero-order valence-electron chi connectivity index (χ0n) is 7.59. The summed E-state index contributed by atoms with van der Waals surface area (Å²) < 4.78 is 14.1. The Balaban J connectivity index is 3.00. The van der Waals surface area contributed by atoms with Crippen LogP contribution in [0.3, 0.4) is 0 Å². The highest BCUT2D eigenvalue weighted by atomic mass is 127. The maximum Gasteiger partial charge on any atom is 0.139 e. The van der Waals surface area contributed by atoms with Gasteiger partial charge < -0.3 is 5.11 Å². The van der Waals surface area contributed by atoms with E-state index >= 15 is 0 Å². The lowest BCUT2D eigenvalue weighted by molar-refractivity contribution is 0.476. The quantitative estimate of drug-likeness (QED) is 0.585. The first-order chi connectivity index (χ1) is 7.13. The van der Waals surface area contributed by atoms with E-state index in [1.54, 1.807) is 18.2 Å². The van der Waals surface area contributed by atoms with Gasteiger partial charge in [0.2, 0.25) is 0 Å². The van der Waals surface area contributed by atoms with Gasteiger partial charge in [-0.3, -0.25) is 0 Å². The molecule has 0 atom stereocenters. The lowest BCUT2D eigenvalue weighted by Gasteiger charge is -2.05. The molecule has 0 saturated heterocycles. The Hall–Kier alpha value is -1.28. The van der Waals surface area contributed by atoms with Gasteiger partial charge in [0.25, 0.3) is 0 Å². The molecule has 0 aliphatic carbocycles. The van der Waals surface area contributed by atoms with E-state index in [-0.39, 0.29) is 11.3 Å². The Morgan fingerprint density at radius 3 is 2.73 bits per heavy atom. The molecule has 0 bridgehead atoms. The van der Waals surface area contributed by atoms with Crippen molar-refractivity contribution in [2.24, 2.45) is 0 Å². The van der Waals surface area contributed by atoms with Crippen molar-refractivity contribution < 1.29 is 9.50 Å². The molecule has 0 aliphatic heterocycles. The Morgan fingerprint density at radius 2 is 2.07 bits per heavy atom. The molecule has 0 aliphatic rings. The molecule has 1 N–H and O–H groups in total. The smallest absolute Gasteiger partial charge is 0.139 e. The Morgan fingerprint density at radius 1 is 1.33 bits per heavy atom. The summed E-state index contributed by atoms with van der Waals surface area (Å²) in [7, 11) is 0. The first-order valence-electron chi connectivity index (χ1n) is 4.21. The summed E-state index contributed by atoms with van der Waals surface area (Å²) >= 11 is 2.03. The predicted octanol–water partition coefficient (Wildman–Crippen LogP) is 3.27. The minimum atomic E-state index is -0.409. The lowest BCUT2D eigenvalue weighted by atomic mass is 10.0. The van der Waals surface area contributed by atoms with Crippen LogP contribution in [0.5, 0.6) is 5.75 Å². The molecular weight excluding hydrogens is 306 g/mol. The molecule has 0 aromatic heterocycles. The summed E-state index contributed by atoms with van der Waals surface area (Å²) in [5, 5.41) is 10.8. The van der Waals surface area contributed by atoms with E-state index < -0.39 is 5.82 Å². The number of terminal acetylenes is 1. The zero-order valence-corrected chi connectivity index (χ0v) is 9.75. The summed E-state index contributed by atoms with van der Waals surface area (Å²) in [6, 6.07) is 6.04. The number of fused-ring (bicyclic) bond motifs is 1. The van der Waals surface area contributed by atoms with Crippen molar-refractivity contribution in [2.45, 2.75) is 0 Å². The van der Waals surface area contributed by atoms with Crippen molar-refractivity contribution in [3.63, 3.8) is 0 Å². The van der Waals surface area contributed by atoms with Crippen LogP contribution in [0.15, 0.2) is 24.3 Å². The van der Waals surface area contributed by atoms with E-state index in [1.807, 2.05) is 22.6 Å². The normalized spacial score (nSPS) is 10.2. The fraction of sp³-hybridized carbons (Fsp3) is 0. The monoisotopic (exact) mass is 312 g/mol. The van der Waals surface area contributed by atoms with Crippen LogP contribution < -0.4 is 0 Å². The first-order valence-corrected chi connectivity index (χ1v) is 5.28. The molecule has 0 heterocycles. The van der Waals surface area contributed by atoms with Gasteiger partial charge in [0.1, 0.15) is 11.6 Å². The molecule has 0 amide bonds. The second-order valence-electron chi connectivity index (χ2n) is 3.09. The zero-order chi connectivity index (χ0) is 11.0. The van der Waals surface area contributed by atoms with Crippen LogP contribution in [-0.4, -0.2) is 5.11 Å². The maximum atomic E-state index is 13.4. The van der Waals surface area contributed by atoms with Gasteiger partial charge in [-0.15, -0.1) is 6.42 Å². The third kappa shape index (κ3) is 1.65. The summed E-state index contributed by atoms with van der Waals surface area (Å²) in [5.41, 5.74) is 0.247. The van der Waals surface area contributed by atoms with Gasteiger partial charge in [0.15, 0.2) is 0 Å². The van der Waals surface area contributed by atoms with E-state index in [1.165, 1.54) is 6.07 Å². The number of aromatic hydroxyl groups is 1. The summed E-state index contributed by atoms with van der Waals surface area (Å²) in [5.74, 6) is 2.08. The number of benzene rings is 2. The molecule has 0 spiro atoms. The maximum absolute atomic E-state index is 13.4. The van der Waals surface area contributed by atoms with Crippen LogP contribution in [0.2, 0.25) is 0 Å². The second kappa shape index (κ2) is 3.70. The highest BCUT2D eigenvalue weighted by molar-refractivity contribution is 14.1. The fourth-order valence-corrected chi connectivity index (χ4v) is 2.42. The second-order valence-corrected chi connectivity index (χ2v) is 4.25. The van der Waals surface area contributed by atoms with Crippen molar-refractivity contribution in [1.29, 1.82) is 0 Å². The minimum Gasteiger partial charge on any atom is -0.508 e. The van der Waals surface area contributed by atoms with Gasteiger partial charge in [-0.1, -0.05) is 12.0 Å². The van der Waals surface area contributed by atoms with Crippen LogP contribution in [0.25, 0.3) is 10.8 Å². The fourth-order valence-electron chi connectivity index (χ4n) is 1.52. The number of halogens is 2. The molecule has 0 saturated carbocycles. The number of phenolic OH excluding ortho intramolecular Hbond substituents is 1.